The van der Waals surface area contributed by atoms with Gasteiger partial charge in [-0.1, -0.05) is 24.3 Å². The molecule has 1 aliphatic heterocycles. The highest BCUT2D eigenvalue weighted by atomic mass is 32.2. The molecule has 4 rings (SSSR count). The summed E-state index contributed by atoms with van der Waals surface area (Å²) in [5.74, 6) is -0.540. The number of carbonyl (C=O) groups excluding carboxylic acids is 1. The molecule has 166 valence electrons. The monoisotopic (exact) mass is 444 g/mol. The largest absolute Gasteiger partial charge is 0.340 e. The topological polar surface area (TPSA) is 57.7 Å². The average Bonchev–Trinajstić information content (AvgIpc) is 3.53. The summed E-state index contributed by atoms with van der Waals surface area (Å²) >= 11 is 0. The van der Waals surface area contributed by atoms with Crippen LogP contribution in [0.25, 0.3) is 0 Å². The molecule has 7 heteroatoms. The maximum Gasteiger partial charge on any atom is 0.243 e. The molecule has 31 heavy (non-hydrogen) atoms. The molecule has 1 heterocycles. The fourth-order valence-electron chi connectivity index (χ4n) is 4.67. The van der Waals surface area contributed by atoms with Gasteiger partial charge in [0.1, 0.15) is 5.82 Å². The van der Waals surface area contributed by atoms with E-state index in [1.54, 1.807) is 23.1 Å². The molecule has 0 spiro atoms. The smallest absolute Gasteiger partial charge is 0.243 e. The molecule has 2 fully saturated rings. The predicted octanol–water partition coefficient (Wildman–Crippen LogP) is 3.70. The molecule has 1 saturated carbocycles. The number of hydrogen-bond acceptors (Lipinski definition) is 3. The van der Waals surface area contributed by atoms with Gasteiger partial charge in [-0.3, -0.25) is 4.79 Å². The molecule has 1 saturated heterocycles. The van der Waals surface area contributed by atoms with Crippen molar-refractivity contribution in [1.29, 1.82) is 0 Å². The standard InChI is InChI=1S/C24H29FN2O3S/c1-15-13-16(2)18(4)23(17(15)3)31(29,30)27-11-9-26(10-12-27)24(28)21-14-20(21)19-7-5-6-8-22(19)25/h5-8,13,20-21H,9-12,14H2,1-4H3. The van der Waals surface area contributed by atoms with Crippen LogP contribution >= 0.6 is 0 Å². The number of hydrogen-bond donors (Lipinski definition) is 0. The number of nitrogens with zero attached hydrogens (tertiary/aromatic N) is 2. The van der Waals surface area contributed by atoms with Crippen LogP contribution in [0.3, 0.4) is 0 Å². The number of benzene rings is 2. The van der Waals surface area contributed by atoms with Gasteiger partial charge < -0.3 is 4.90 Å². The van der Waals surface area contributed by atoms with E-state index in [0.29, 0.717) is 30.0 Å². The van der Waals surface area contributed by atoms with Gasteiger partial charge in [0.2, 0.25) is 15.9 Å². The Bertz CT molecular complexity index is 1110. The van der Waals surface area contributed by atoms with Crippen molar-refractivity contribution in [3.63, 3.8) is 0 Å². The van der Waals surface area contributed by atoms with E-state index in [1.165, 1.54) is 10.4 Å². The zero-order chi connectivity index (χ0) is 22.5. The van der Waals surface area contributed by atoms with Crippen molar-refractivity contribution in [2.24, 2.45) is 5.92 Å². The number of carbonyl (C=O) groups is 1. The van der Waals surface area contributed by atoms with Gasteiger partial charge in [-0.2, -0.15) is 4.31 Å². The fourth-order valence-corrected chi connectivity index (χ4v) is 6.67. The predicted molar refractivity (Wildman–Crippen MR) is 118 cm³/mol. The SMILES string of the molecule is Cc1cc(C)c(C)c(S(=O)(=O)N2CCN(C(=O)C3CC3c3ccccc3F)CC2)c1C. The van der Waals surface area contributed by atoms with Crippen LogP contribution in [0.4, 0.5) is 4.39 Å². The second-order valence-electron chi connectivity index (χ2n) is 8.79. The maximum absolute atomic E-state index is 14.0. The van der Waals surface area contributed by atoms with Crippen LogP contribution in [-0.2, 0) is 14.8 Å². The first kappa shape index (κ1) is 22.0. The van der Waals surface area contributed by atoms with E-state index in [-0.39, 0.29) is 36.6 Å². The molecule has 0 N–H and O–H groups in total. The summed E-state index contributed by atoms with van der Waals surface area (Å²) in [6.07, 6.45) is 0.652. The Labute approximate surface area is 183 Å². The lowest BCUT2D eigenvalue weighted by Crippen LogP contribution is -2.51. The molecule has 0 aromatic heterocycles. The molecule has 0 radical (unpaired) electrons. The normalized spacial score (nSPS) is 21.9. The second kappa shape index (κ2) is 8.02. The number of sulfonamides is 1. The quantitative estimate of drug-likeness (QED) is 0.723. The van der Waals surface area contributed by atoms with Gasteiger partial charge in [0.15, 0.2) is 0 Å². The van der Waals surface area contributed by atoms with Gasteiger partial charge in [0.05, 0.1) is 4.90 Å². The number of aryl methyl sites for hydroxylation is 2. The number of piperazine rings is 1. The minimum absolute atomic E-state index is 0.00376. The number of amides is 1. The Morgan fingerprint density at radius 1 is 0.968 bits per heavy atom. The summed E-state index contributed by atoms with van der Waals surface area (Å²) in [5.41, 5.74) is 4.09. The summed E-state index contributed by atoms with van der Waals surface area (Å²) < 4.78 is 42.3. The van der Waals surface area contributed by atoms with Gasteiger partial charge in [-0.25, -0.2) is 12.8 Å². The fraction of sp³-hybridized carbons (Fsp3) is 0.458. The molecule has 2 aromatic rings. The molecule has 1 amide bonds. The molecule has 1 aliphatic carbocycles. The minimum Gasteiger partial charge on any atom is -0.340 e. The molecule has 0 bridgehead atoms. The van der Waals surface area contributed by atoms with Crippen molar-refractivity contribution in [1.82, 2.24) is 9.21 Å². The van der Waals surface area contributed by atoms with E-state index in [9.17, 15) is 17.6 Å². The summed E-state index contributed by atoms with van der Waals surface area (Å²) in [4.78, 5) is 15.0. The van der Waals surface area contributed by atoms with E-state index in [2.05, 4.69) is 0 Å². The molecule has 5 nitrogen and oxygen atoms in total. The highest BCUT2D eigenvalue weighted by molar-refractivity contribution is 7.89. The Morgan fingerprint density at radius 3 is 2.13 bits per heavy atom. The molecule has 2 aromatic carbocycles. The number of rotatable bonds is 4. The number of halogens is 1. The lowest BCUT2D eigenvalue weighted by Gasteiger charge is -2.35. The van der Waals surface area contributed by atoms with Crippen molar-refractivity contribution >= 4 is 15.9 Å². The lowest BCUT2D eigenvalue weighted by atomic mass is 10.0. The third-order valence-electron chi connectivity index (χ3n) is 6.86. The maximum atomic E-state index is 14.0. The minimum atomic E-state index is -3.64. The van der Waals surface area contributed by atoms with Gasteiger partial charge in [0.25, 0.3) is 0 Å². The third-order valence-corrected chi connectivity index (χ3v) is 9.03. The first-order chi connectivity index (χ1) is 14.6. The van der Waals surface area contributed by atoms with Crippen LogP contribution in [0.2, 0.25) is 0 Å². The summed E-state index contributed by atoms with van der Waals surface area (Å²) in [7, 11) is -3.64. The van der Waals surface area contributed by atoms with E-state index >= 15 is 0 Å². The van der Waals surface area contributed by atoms with Crippen LogP contribution in [-0.4, -0.2) is 49.7 Å². The van der Waals surface area contributed by atoms with Gasteiger partial charge in [-0.15, -0.1) is 0 Å². The second-order valence-corrected chi connectivity index (χ2v) is 10.7. The summed E-state index contributed by atoms with van der Waals surface area (Å²) in [6, 6.07) is 8.62. The van der Waals surface area contributed by atoms with Crippen molar-refractivity contribution < 1.29 is 17.6 Å². The molecule has 2 unspecified atom stereocenters. The van der Waals surface area contributed by atoms with E-state index < -0.39 is 10.0 Å². The van der Waals surface area contributed by atoms with E-state index in [1.807, 2.05) is 33.8 Å². The molecular formula is C24H29FN2O3S. The van der Waals surface area contributed by atoms with Crippen molar-refractivity contribution in [2.75, 3.05) is 26.2 Å². The zero-order valence-electron chi connectivity index (χ0n) is 18.5. The molecular weight excluding hydrogens is 415 g/mol. The van der Waals surface area contributed by atoms with E-state index in [4.69, 9.17) is 0 Å². The highest BCUT2D eigenvalue weighted by Gasteiger charge is 2.47. The first-order valence-electron chi connectivity index (χ1n) is 10.7. The Hall–Kier alpha value is -2.25. The molecule has 2 aliphatic rings. The van der Waals surface area contributed by atoms with Gasteiger partial charge in [0, 0.05) is 32.1 Å². The Kier molecular flexibility index (Phi) is 5.68. The summed E-state index contributed by atoms with van der Waals surface area (Å²) in [5, 5.41) is 0. The van der Waals surface area contributed by atoms with Crippen LogP contribution in [0, 0.1) is 39.4 Å². The van der Waals surface area contributed by atoms with Gasteiger partial charge in [-0.05, 0) is 73.9 Å². The molecule has 2 atom stereocenters. The van der Waals surface area contributed by atoms with Crippen molar-refractivity contribution in [3.05, 3.63) is 64.0 Å². The first-order valence-corrected chi connectivity index (χ1v) is 12.2. The zero-order valence-corrected chi connectivity index (χ0v) is 19.3. The average molecular weight is 445 g/mol. The third kappa shape index (κ3) is 3.89. The van der Waals surface area contributed by atoms with Crippen LogP contribution in [0.5, 0.6) is 0 Å². The highest BCUT2D eigenvalue weighted by Crippen LogP contribution is 2.49. The summed E-state index contributed by atoms with van der Waals surface area (Å²) in [6.45, 7) is 8.84. The van der Waals surface area contributed by atoms with Gasteiger partial charge >= 0.3 is 0 Å². The lowest BCUT2D eigenvalue weighted by molar-refractivity contribution is -0.133. The van der Waals surface area contributed by atoms with Crippen molar-refractivity contribution in [2.45, 2.75) is 44.9 Å². The van der Waals surface area contributed by atoms with Crippen LogP contribution < -0.4 is 0 Å². The van der Waals surface area contributed by atoms with Crippen LogP contribution in [0.15, 0.2) is 35.2 Å². The van der Waals surface area contributed by atoms with E-state index in [0.717, 1.165) is 22.3 Å². The Balaban J connectivity index is 1.45. The van der Waals surface area contributed by atoms with Crippen LogP contribution in [0.1, 0.15) is 40.2 Å². The Morgan fingerprint density at radius 2 is 1.55 bits per heavy atom. The van der Waals surface area contributed by atoms with Crippen molar-refractivity contribution in [3.8, 4) is 0 Å².